The van der Waals surface area contributed by atoms with Gasteiger partial charge in [0.05, 0.1) is 6.61 Å². The first-order valence-corrected chi connectivity index (χ1v) is 7.32. The van der Waals surface area contributed by atoms with Crippen LogP contribution in [0.2, 0.25) is 5.02 Å². The third-order valence-corrected chi connectivity index (χ3v) is 4.16. The lowest BCUT2D eigenvalue weighted by atomic mass is 9.92. The van der Waals surface area contributed by atoms with Gasteiger partial charge >= 0.3 is 0 Å². The van der Waals surface area contributed by atoms with Gasteiger partial charge in [0.2, 0.25) is 0 Å². The molecule has 2 aromatic rings. The smallest absolute Gasteiger partial charge is 0.124 e. The molecule has 2 atom stereocenters. The number of rotatable bonds is 3. The molecule has 3 rings (SSSR count). The summed E-state index contributed by atoms with van der Waals surface area (Å²) in [6.07, 6.45) is 0. The van der Waals surface area contributed by atoms with Gasteiger partial charge in [-0.05, 0) is 17.7 Å². The van der Waals surface area contributed by atoms with Gasteiger partial charge in [-0.15, -0.1) is 0 Å². The SMILES string of the molecule is CC1COc2ccccc2C1NCc1ccccc1Cl. The first-order chi connectivity index (χ1) is 9.75. The summed E-state index contributed by atoms with van der Waals surface area (Å²) in [4.78, 5) is 0. The molecule has 2 nitrogen and oxygen atoms in total. The number of para-hydroxylation sites is 1. The van der Waals surface area contributed by atoms with Crippen molar-refractivity contribution in [3.05, 3.63) is 64.7 Å². The van der Waals surface area contributed by atoms with Gasteiger partial charge in [-0.25, -0.2) is 0 Å². The third-order valence-electron chi connectivity index (χ3n) is 3.80. The Hall–Kier alpha value is -1.51. The van der Waals surface area contributed by atoms with E-state index in [-0.39, 0.29) is 0 Å². The van der Waals surface area contributed by atoms with Gasteiger partial charge < -0.3 is 10.1 Å². The number of hydrogen-bond acceptors (Lipinski definition) is 2. The van der Waals surface area contributed by atoms with E-state index in [9.17, 15) is 0 Å². The second-order valence-electron chi connectivity index (χ2n) is 5.28. The zero-order valence-corrected chi connectivity index (χ0v) is 12.2. The number of hydrogen-bond donors (Lipinski definition) is 1. The van der Waals surface area contributed by atoms with E-state index in [0.29, 0.717) is 12.0 Å². The first-order valence-electron chi connectivity index (χ1n) is 6.94. The molecule has 1 aliphatic heterocycles. The summed E-state index contributed by atoms with van der Waals surface area (Å²) in [6.45, 7) is 3.72. The fraction of sp³-hybridized carbons (Fsp3) is 0.294. The lowest BCUT2D eigenvalue weighted by molar-refractivity contribution is 0.188. The van der Waals surface area contributed by atoms with Crippen LogP contribution in [0, 0.1) is 5.92 Å². The molecular formula is C17H18ClNO. The molecule has 0 saturated carbocycles. The maximum Gasteiger partial charge on any atom is 0.124 e. The van der Waals surface area contributed by atoms with E-state index in [2.05, 4.69) is 30.4 Å². The molecule has 3 heteroatoms. The van der Waals surface area contributed by atoms with Crippen LogP contribution in [-0.4, -0.2) is 6.61 Å². The number of fused-ring (bicyclic) bond motifs is 1. The van der Waals surface area contributed by atoms with Crippen LogP contribution in [0.15, 0.2) is 48.5 Å². The standard InChI is InChI=1S/C17H18ClNO/c1-12-11-20-16-9-5-3-7-14(16)17(12)19-10-13-6-2-4-8-15(13)18/h2-9,12,17,19H,10-11H2,1H3. The highest BCUT2D eigenvalue weighted by molar-refractivity contribution is 6.31. The van der Waals surface area contributed by atoms with Crippen LogP contribution in [0.1, 0.15) is 24.1 Å². The van der Waals surface area contributed by atoms with Crippen molar-refractivity contribution in [1.82, 2.24) is 5.32 Å². The van der Waals surface area contributed by atoms with E-state index in [1.54, 1.807) is 0 Å². The minimum Gasteiger partial charge on any atom is -0.493 e. The Kier molecular flexibility index (Phi) is 3.95. The average molecular weight is 288 g/mol. The van der Waals surface area contributed by atoms with Crippen molar-refractivity contribution in [3.8, 4) is 5.75 Å². The van der Waals surface area contributed by atoms with Crippen molar-refractivity contribution in [1.29, 1.82) is 0 Å². The molecule has 1 heterocycles. The highest BCUT2D eigenvalue weighted by atomic mass is 35.5. The van der Waals surface area contributed by atoms with E-state index in [0.717, 1.165) is 29.5 Å². The van der Waals surface area contributed by atoms with Crippen LogP contribution < -0.4 is 10.1 Å². The van der Waals surface area contributed by atoms with Crippen LogP contribution in [0.3, 0.4) is 0 Å². The van der Waals surface area contributed by atoms with Crippen LogP contribution in [0.4, 0.5) is 0 Å². The zero-order chi connectivity index (χ0) is 13.9. The quantitative estimate of drug-likeness (QED) is 0.913. The minimum absolute atomic E-state index is 0.302. The molecule has 0 spiro atoms. The highest BCUT2D eigenvalue weighted by Gasteiger charge is 2.27. The van der Waals surface area contributed by atoms with E-state index in [4.69, 9.17) is 16.3 Å². The summed E-state index contributed by atoms with van der Waals surface area (Å²) >= 11 is 6.21. The molecule has 2 aromatic carbocycles. The van der Waals surface area contributed by atoms with Gasteiger partial charge in [0.1, 0.15) is 5.75 Å². The number of nitrogens with one attached hydrogen (secondary N) is 1. The fourth-order valence-electron chi connectivity index (χ4n) is 2.67. The van der Waals surface area contributed by atoms with Gasteiger partial charge in [0.15, 0.2) is 0 Å². The first kappa shape index (κ1) is 13.5. The molecule has 0 aliphatic carbocycles. The molecule has 0 bridgehead atoms. The van der Waals surface area contributed by atoms with Crippen molar-refractivity contribution in [2.24, 2.45) is 5.92 Å². The van der Waals surface area contributed by atoms with Gasteiger partial charge in [0.25, 0.3) is 0 Å². The van der Waals surface area contributed by atoms with Gasteiger partial charge in [0, 0.05) is 29.1 Å². The monoisotopic (exact) mass is 287 g/mol. The molecular weight excluding hydrogens is 270 g/mol. The molecule has 0 saturated heterocycles. The van der Waals surface area contributed by atoms with Crippen molar-refractivity contribution in [2.45, 2.75) is 19.5 Å². The minimum atomic E-state index is 0.302. The number of halogens is 1. The number of benzene rings is 2. The van der Waals surface area contributed by atoms with Crippen LogP contribution in [0.5, 0.6) is 5.75 Å². The van der Waals surface area contributed by atoms with E-state index < -0.39 is 0 Å². The summed E-state index contributed by atoms with van der Waals surface area (Å²) in [5, 5.41) is 4.43. The highest BCUT2D eigenvalue weighted by Crippen LogP contribution is 2.35. The van der Waals surface area contributed by atoms with Crippen LogP contribution in [-0.2, 0) is 6.54 Å². The second-order valence-corrected chi connectivity index (χ2v) is 5.68. The van der Waals surface area contributed by atoms with Gasteiger partial charge in [-0.1, -0.05) is 54.9 Å². The number of ether oxygens (including phenoxy) is 1. The fourth-order valence-corrected chi connectivity index (χ4v) is 2.87. The summed E-state index contributed by atoms with van der Waals surface area (Å²) < 4.78 is 5.78. The van der Waals surface area contributed by atoms with Crippen molar-refractivity contribution < 1.29 is 4.74 Å². The molecule has 0 amide bonds. The third kappa shape index (κ3) is 2.67. The van der Waals surface area contributed by atoms with Crippen LogP contribution in [0.25, 0.3) is 0 Å². The maximum absolute atomic E-state index is 6.21. The van der Waals surface area contributed by atoms with Crippen molar-refractivity contribution in [3.63, 3.8) is 0 Å². The Bertz CT molecular complexity index is 599. The van der Waals surface area contributed by atoms with Crippen molar-refractivity contribution in [2.75, 3.05) is 6.61 Å². The van der Waals surface area contributed by atoms with E-state index >= 15 is 0 Å². The normalized spacial score (nSPS) is 21.1. The topological polar surface area (TPSA) is 21.3 Å². The lowest BCUT2D eigenvalue weighted by Crippen LogP contribution is -2.33. The summed E-state index contributed by atoms with van der Waals surface area (Å²) in [7, 11) is 0. The zero-order valence-electron chi connectivity index (χ0n) is 11.5. The van der Waals surface area contributed by atoms with Gasteiger partial charge in [-0.2, -0.15) is 0 Å². The summed E-state index contributed by atoms with van der Waals surface area (Å²) in [5.74, 6) is 1.43. The molecule has 1 N–H and O–H groups in total. The second kappa shape index (κ2) is 5.86. The summed E-state index contributed by atoms with van der Waals surface area (Å²) in [6, 6.07) is 16.5. The molecule has 20 heavy (non-hydrogen) atoms. The Morgan fingerprint density at radius 3 is 2.75 bits per heavy atom. The van der Waals surface area contributed by atoms with E-state index in [1.807, 2.05) is 30.3 Å². The molecule has 0 radical (unpaired) electrons. The predicted molar refractivity (Wildman–Crippen MR) is 82.1 cm³/mol. The largest absolute Gasteiger partial charge is 0.493 e. The maximum atomic E-state index is 6.21. The predicted octanol–water partition coefficient (Wildman–Crippen LogP) is 4.20. The molecule has 0 fully saturated rings. The van der Waals surface area contributed by atoms with Gasteiger partial charge in [-0.3, -0.25) is 0 Å². The molecule has 2 unspecified atom stereocenters. The van der Waals surface area contributed by atoms with Crippen molar-refractivity contribution >= 4 is 11.6 Å². The Morgan fingerprint density at radius 1 is 1.15 bits per heavy atom. The lowest BCUT2D eigenvalue weighted by Gasteiger charge is -2.32. The molecule has 104 valence electrons. The molecule has 1 aliphatic rings. The Balaban J connectivity index is 1.79. The Morgan fingerprint density at radius 2 is 1.90 bits per heavy atom. The summed E-state index contributed by atoms with van der Waals surface area (Å²) in [5.41, 5.74) is 2.36. The van der Waals surface area contributed by atoms with Crippen LogP contribution >= 0.6 is 11.6 Å². The molecule has 0 aromatic heterocycles. The van der Waals surface area contributed by atoms with E-state index in [1.165, 1.54) is 5.56 Å². The average Bonchev–Trinajstić information content (AvgIpc) is 2.48. The Labute approximate surface area is 124 Å².